The topological polar surface area (TPSA) is 91.8 Å². The van der Waals surface area contributed by atoms with E-state index in [1.165, 1.54) is 4.90 Å². The van der Waals surface area contributed by atoms with E-state index in [9.17, 15) is 23.2 Å². The summed E-state index contributed by atoms with van der Waals surface area (Å²) in [5.74, 6) is -2.32. The predicted molar refractivity (Wildman–Crippen MR) is 124 cm³/mol. The minimum atomic E-state index is -1.32. The molecule has 0 unspecified atom stereocenters. The molecule has 3 aliphatic rings. The van der Waals surface area contributed by atoms with Crippen molar-refractivity contribution in [2.24, 2.45) is 5.92 Å². The van der Waals surface area contributed by atoms with Crippen molar-refractivity contribution in [3.8, 4) is 0 Å². The molecule has 190 valence electrons. The van der Waals surface area contributed by atoms with Crippen LogP contribution in [0.4, 0.5) is 13.6 Å². The third kappa shape index (κ3) is 4.57. The van der Waals surface area contributed by atoms with Gasteiger partial charge in [0.1, 0.15) is 11.6 Å². The van der Waals surface area contributed by atoms with Crippen LogP contribution in [0.25, 0.3) is 0 Å². The van der Waals surface area contributed by atoms with Gasteiger partial charge in [0.05, 0.1) is 24.8 Å². The minimum absolute atomic E-state index is 0.116. The average molecular weight is 499 g/mol. The molecule has 3 saturated heterocycles. The number of halogens is 2. The number of amides is 4. The minimum Gasteiger partial charge on any atom is -0.376 e. The lowest BCUT2D eigenvalue weighted by Gasteiger charge is -2.40. The van der Waals surface area contributed by atoms with Gasteiger partial charge in [-0.1, -0.05) is 6.07 Å². The first-order valence-electron chi connectivity index (χ1n) is 12.3. The first-order chi connectivity index (χ1) is 17.4. The summed E-state index contributed by atoms with van der Waals surface area (Å²) >= 11 is 0. The van der Waals surface area contributed by atoms with E-state index in [0.717, 1.165) is 31.0 Å². The molecule has 1 aromatic carbocycles. The van der Waals surface area contributed by atoms with Gasteiger partial charge in [0.2, 0.25) is 5.91 Å². The standard InChI is InChI=1S/C26H28F2N4O4/c27-19-12-17(13-20(28)15-19)14-23(33)31-9-6-18(7-10-31)26(22-5-1-2-8-29-22)24(34)32(25(35)30-26)16-21-4-3-11-36-21/h1-2,5,8,12-13,15,18,21H,3-4,6-7,9-11,14,16H2,(H,30,35)/t21-,26+/m0/s1. The van der Waals surface area contributed by atoms with Gasteiger partial charge in [0.25, 0.3) is 5.91 Å². The van der Waals surface area contributed by atoms with E-state index in [1.807, 2.05) is 0 Å². The fourth-order valence-electron chi connectivity index (χ4n) is 5.57. The van der Waals surface area contributed by atoms with Gasteiger partial charge < -0.3 is 15.0 Å². The Balaban J connectivity index is 1.33. The zero-order chi connectivity index (χ0) is 25.3. The van der Waals surface area contributed by atoms with Crippen LogP contribution in [0, 0.1) is 17.6 Å². The summed E-state index contributed by atoms with van der Waals surface area (Å²) in [5.41, 5.74) is -0.580. The number of hydrogen-bond acceptors (Lipinski definition) is 5. The Hall–Kier alpha value is -3.40. The molecule has 36 heavy (non-hydrogen) atoms. The highest BCUT2D eigenvalue weighted by atomic mass is 19.1. The van der Waals surface area contributed by atoms with Crippen molar-refractivity contribution in [3.63, 3.8) is 0 Å². The first-order valence-corrected chi connectivity index (χ1v) is 12.3. The fourth-order valence-corrected chi connectivity index (χ4v) is 5.57. The third-order valence-electron chi connectivity index (χ3n) is 7.35. The highest BCUT2D eigenvalue weighted by Gasteiger charge is 2.58. The zero-order valence-corrected chi connectivity index (χ0v) is 19.8. The number of hydrogen-bond donors (Lipinski definition) is 1. The molecular formula is C26H28F2N4O4. The molecule has 5 rings (SSSR count). The Morgan fingerprint density at radius 3 is 2.50 bits per heavy atom. The number of piperidine rings is 1. The van der Waals surface area contributed by atoms with E-state index >= 15 is 0 Å². The van der Waals surface area contributed by atoms with Crippen LogP contribution in [-0.4, -0.2) is 65.0 Å². The molecule has 3 fully saturated rings. The molecule has 8 nitrogen and oxygen atoms in total. The number of aromatic nitrogens is 1. The number of urea groups is 1. The van der Waals surface area contributed by atoms with Crippen LogP contribution in [0.2, 0.25) is 0 Å². The Labute approximate surface area is 207 Å². The largest absolute Gasteiger partial charge is 0.376 e. The number of ether oxygens (including phenoxy) is 1. The van der Waals surface area contributed by atoms with E-state index in [1.54, 1.807) is 29.3 Å². The average Bonchev–Trinajstić information content (AvgIpc) is 3.47. The van der Waals surface area contributed by atoms with E-state index < -0.39 is 23.2 Å². The number of carbonyl (C=O) groups is 3. The summed E-state index contributed by atoms with van der Waals surface area (Å²) in [6.07, 6.45) is 3.91. The number of nitrogens with one attached hydrogen (secondary N) is 1. The summed E-state index contributed by atoms with van der Waals surface area (Å²) in [5, 5.41) is 2.96. The quantitative estimate of drug-likeness (QED) is 0.619. The number of carbonyl (C=O) groups excluding carboxylic acids is 3. The Kier molecular flexibility index (Phi) is 6.70. The van der Waals surface area contributed by atoms with Crippen molar-refractivity contribution >= 4 is 17.8 Å². The Morgan fingerprint density at radius 2 is 1.86 bits per heavy atom. The third-order valence-corrected chi connectivity index (χ3v) is 7.35. The van der Waals surface area contributed by atoms with Crippen LogP contribution >= 0.6 is 0 Å². The number of nitrogens with zero attached hydrogens (tertiary/aromatic N) is 3. The van der Waals surface area contributed by atoms with Crippen molar-refractivity contribution in [1.82, 2.24) is 20.1 Å². The number of benzene rings is 1. The molecule has 10 heteroatoms. The van der Waals surface area contributed by atoms with E-state index in [2.05, 4.69) is 10.3 Å². The normalized spacial score (nSPS) is 24.9. The second-order valence-electron chi connectivity index (χ2n) is 9.61. The monoisotopic (exact) mass is 498 g/mol. The van der Waals surface area contributed by atoms with Crippen molar-refractivity contribution in [3.05, 3.63) is 65.5 Å². The van der Waals surface area contributed by atoms with E-state index in [0.29, 0.717) is 38.2 Å². The molecular weight excluding hydrogens is 470 g/mol. The maximum absolute atomic E-state index is 13.8. The summed E-state index contributed by atoms with van der Waals surface area (Å²) in [6, 6.07) is 7.88. The molecule has 2 atom stereocenters. The summed E-state index contributed by atoms with van der Waals surface area (Å²) in [6.45, 7) is 1.52. The molecule has 0 saturated carbocycles. The summed E-state index contributed by atoms with van der Waals surface area (Å²) in [7, 11) is 0. The van der Waals surface area contributed by atoms with E-state index in [-0.39, 0.29) is 42.4 Å². The maximum Gasteiger partial charge on any atom is 0.325 e. The molecule has 3 aliphatic heterocycles. The van der Waals surface area contributed by atoms with Gasteiger partial charge in [-0.3, -0.25) is 19.5 Å². The molecule has 0 radical (unpaired) electrons. The lowest BCUT2D eigenvalue weighted by atomic mass is 9.75. The number of imide groups is 1. The number of rotatable bonds is 6. The van der Waals surface area contributed by atoms with Crippen molar-refractivity contribution in [2.75, 3.05) is 26.2 Å². The highest BCUT2D eigenvalue weighted by molar-refractivity contribution is 6.07. The summed E-state index contributed by atoms with van der Waals surface area (Å²) in [4.78, 5) is 47.0. The van der Waals surface area contributed by atoms with Crippen LogP contribution in [0.3, 0.4) is 0 Å². The van der Waals surface area contributed by atoms with Crippen molar-refractivity contribution in [2.45, 2.75) is 43.7 Å². The van der Waals surface area contributed by atoms with E-state index in [4.69, 9.17) is 4.74 Å². The smallest absolute Gasteiger partial charge is 0.325 e. The van der Waals surface area contributed by atoms with Crippen LogP contribution in [0.15, 0.2) is 42.6 Å². The van der Waals surface area contributed by atoms with Gasteiger partial charge in [0.15, 0.2) is 5.54 Å². The lowest BCUT2D eigenvalue weighted by molar-refractivity contribution is -0.137. The molecule has 4 amide bonds. The van der Waals surface area contributed by atoms with Crippen LogP contribution in [0.1, 0.15) is 36.9 Å². The van der Waals surface area contributed by atoms with Gasteiger partial charge in [0, 0.05) is 37.9 Å². The van der Waals surface area contributed by atoms with Crippen molar-refractivity contribution in [1.29, 1.82) is 0 Å². The van der Waals surface area contributed by atoms with Crippen molar-refractivity contribution < 1.29 is 27.9 Å². The van der Waals surface area contributed by atoms with Gasteiger partial charge in [-0.2, -0.15) is 0 Å². The first kappa shape index (κ1) is 24.3. The van der Waals surface area contributed by atoms with Crippen LogP contribution in [0.5, 0.6) is 0 Å². The molecule has 1 aromatic heterocycles. The molecule has 4 heterocycles. The molecule has 0 spiro atoms. The number of likely N-dealkylation sites (tertiary alicyclic amines) is 1. The maximum atomic E-state index is 13.8. The highest BCUT2D eigenvalue weighted by Crippen LogP contribution is 2.41. The zero-order valence-electron chi connectivity index (χ0n) is 19.8. The lowest BCUT2D eigenvalue weighted by Crippen LogP contribution is -2.55. The second kappa shape index (κ2) is 9.93. The predicted octanol–water partition coefficient (Wildman–Crippen LogP) is 2.77. The van der Waals surface area contributed by atoms with Gasteiger partial charge >= 0.3 is 6.03 Å². The Bertz CT molecular complexity index is 1130. The van der Waals surface area contributed by atoms with Gasteiger partial charge in [-0.25, -0.2) is 13.6 Å². The molecule has 1 N–H and O–H groups in total. The fraction of sp³-hybridized carbons (Fsp3) is 0.462. The number of pyridine rings is 1. The molecule has 0 aliphatic carbocycles. The molecule has 0 bridgehead atoms. The van der Waals surface area contributed by atoms with Crippen LogP contribution in [-0.2, 0) is 26.3 Å². The second-order valence-corrected chi connectivity index (χ2v) is 9.61. The van der Waals surface area contributed by atoms with Gasteiger partial charge in [-0.05, 0) is 55.5 Å². The Morgan fingerprint density at radius 1 is 1.11 bits per heavy atom. The summed E-state index contributed by atoms with van der Waals surface area (Å²) < 4.78 is 32.7. The SMILES string of the molecule is O=C(Cc1cc(F)cc(F)c1)N1CCC([C@]2(c3ccccn3)NC(=O)N(C[C@@H]3CCCO3)C2=O)CC1. The van der Waals surface area contributed by atoms with Gasteiger partial charge in [-0.15, -0.1) is 0 Å². The van der Waals surface area contributed by atoms with Crippen LogP contribution < -0.4 is 5.32 Å². The molecule has 2 aromatic rings.